The van der Waals surface area contributed by atoms with Crippen LogP contribution in [0, 0.1) is 6.92 Å². The summed E-state index contributed by atoms with van der Waals surface area (Å²) in [5, 5.41) is 13.3. The second-order valence-corrected chi connectivity index (χ2v) is 7.00. The van der Waals surface area contributed by atoms with Gasteiger partial charge < -0.3 is 10.0 Å². The minimum absolute atomic E-state index is 0.0326. The topological polar surface area (TPSA) is 75.4 Å². The molecular formula is C23H25N3O3. The second kappa shape index (κ2) is 9.68. The third-order valence-corrected chi connectivity index (χ3v) is 4.83. The standard InChI is InChI=1S/C23H25N3O3/c1-18-21(15-24-26(18)17-20-11-6-3-7-12-20)23(29)25(14-8-13-22(27)28)16-19-9-4-2-5-10-19/h2-7,9-12,15H,8,13-14,16-17H2,1H3,(H,27,28). The number of aromatic nitrogens is 2. The van der Waals surface area contributed by atoms with Crippen molar-refractivity contribution in [1.82, 2.24) is 14.7 Å². The minimum atomic E-state index is -0.857. The lowest BCUT2D eigenvalue weighted by atomic mass is 10.1. The molecule has 150 valence electrons. The number of carbonyl (C=O) groups excluding carboxylic acids is 1. The van der Waals surface area contributed by atoms with Crippen LogP contribution in [0.5, 0.6) is 0 Å². The highest BCUT2D eigenvalue weighted by atomic mass is 16.4. The first-order valence-electron chi connectivity index (χ1n) is 9.66. The molecule has 0 atom stereocenters. The number of aliphatic carboxylic acids is 1. The molecular weight excluding hydrogens is 366 g/mol. The Balaban J connectivity index is 1.78. The number of rotatable bonds is 9. The van der Waals surface area contributed by atoms with Crippen molar-refractivity contribution >= 4 is 11.9 Å². The number of carboxylic acid groups (broad SMARTS) is 1. The number of hydrogen-bond acceptors (Lipinski definition) is 3. The summed E-state index contributed by atoms with van der Waals surface area (Å²) in [5.41, 5.74) is 3.47. The van der Waals surface area contributed by atoms with Crippen LogP contribution in [0.15, 0.2) is 66.9 Å². The van der Waals surface area contributed by atoms with E-state index in [1.165, 1.54) is 0 Å². The van der Waals surface area contributed by atoms with E-state index in [1.54, 1.807) is 11.1 Å². The second-order valence-electron chi connectivity index (χ2n) is 7.00. The fourth-order valence-corrected chi connectivity index (χ4v) is 3.22. The number of benzene rings is 2. The average molecular weight is 391 g/mol. The van der Waals surface area contributed by atoms with E-state index < -0.39 is 5.97 Å². The summed E-state index contributed by atoms with van der Waals surface area (Å²) in [6.07, 6.45) is 2.05. The van der Waals surface area contributed by atoms with E-state index in [0.29, 0.717) is 31.6 Å². The van der Waals surface area contributed by atoms with E-state index in [9.17, 15) is 9.59 Å². The molecule has 0 aliphatic rings. The Bertz CT molecular complexity index is 952. The van der Waals surface area contributed by atoms with E-state index >= 15 is 0 Å². The summed E-state index contributed by atoms with van der Waals surface area (Å²) >= 11 is 0. The van der Waals surface area contributed by atoms with E-state index in [2.05, 4.69) is 5.10 Å². The van der Waals surface area contributed by atoms with Gasteiger partial charge in [0.05, 0.1) is 18.3 Å². The molecule has 0 fully saturated rings. The molecule has 3 rings (SSSR count). The number of carbonyl (C=O) groups is 2. The van der Waals surface area contributed by atoms with Crippen LogP contribution in [0.3, 0.4) is 0 Å². The molecule has 3 aromatic rings. The molecule has 1 amide bonds. The SMILES string of the molecule is Cc1c(C(=O)N(CCCC(=O)O)Cc2ccccc2)cnn1Cc1ccccc1. The molecule has 0 bridgehead atoms. The van der Waals surface area contributed by atoms with Gasteiger partial charge in [-0.15, -0.1) is 0 Å². The van der Waals surface area contributed by atoms with Gasteiger partial charge in [-0.25, -0.2) is 0 Å². The van der Waals surface area contributed by atoms with Gasteiger partial charge in [0, 0.05) is 25.2 Å². The Hall–Kier alpha value is -3.41. The molecule has 1 aromatic heterocycles. The summed E-state index contributed by atoms with van der Waals surface area (Å²) in [7, 11) is 0. The summed E-state index contributed by atoms with van der Waals surface area (Å²) in [6, 6.07) is 19.7. The predicted octanol–water partition coefficient (Wildman–Crippen LogP) is 3.75. The van der Waals surface area contributed by atoms with Crippen molar-refractivity contribution in [3.8, 4) is 0 Å². The van der Waals surface area contributed by atoms with Gasteiger partial charge in [-0.05, 0) is 24.5 Å². The van der Waals surface area contributed by atoms with E-state index in [1.807, 2.05) is 72.3 Å². The molecule has 6 nitrogen and oxygen atoms in total. The van der Waals surface area contributed by atoms with Gasteiger partial charge in [0.1, 0.15) is 0 Å². The van der Waals surface area contributed by atoms with Crippen molar-refractivity contribution in [3.63, 3.8) is 0 Å². The minimum Gasteiger partial charge on any atom is -0.481 e. The van der Waals surface area contributed by atoms with Crippen LogP contribution < -0.4 is 0 Å². The monoisotopic (exact) mass is 391 g/mol. The molecule has 0 unspecified atom stereocenters. The lowest BCUT2D eigenvalue weighted by molar-refractivity contribution is -0.137. The zero-order valence-electron chi connectivity index (χ0n) is 16.5. The molecule has 2 aromatic carbocycles. The van der Waals surface area contributed by atoms with Gasteiger partial charge in [0.2, 0.25) is 0 Å². The highest BCUT2D eigenvalue weighted by Crippen LogP contribution is 2.16. The molecule has 0 aliphatic heterocycles. The van der Waals surface area contributed by atoms with E-state index in [4.69, 9.17) is 5.11 Å². The molecule has 0 saturated carbocycles. The summed E-state index contributed by atoms with van der Waals surface area (Å²) in [6.45, 7) is 3.30. The number of hydrogen-bond donors (Lipinski definition) is 1. The molecule has 0 spiro atoms. The highest BCUT2D eigenvalue weighted by Gasteiger charge is 2.21. The molecule has 6 heteroatoms. The maximum atomic E-state index is 13.2. The van der Waals surface area contributed by atoms with Crippen molar-refractivity contribution < 1.29 is 14.7 Å². The summed E-state index contributed by atoms with van der Waals surface area (Å²) in [5.74, 6) is -0.986. The van der Waals surface area contributed by atoms with E-state index in [-0.39, 0.29) is 12.3 Å². The van der Waals surface area contributed by atoms with Gasteiger partial charge >= 0.3 is 5.97 Å². The Kier molecular flexibility index (Phi) is 6.79. The third kappa shape index (κ3) is 5.54. The molecule has 29 heavy (non-hydrogen) atoms. The maximum absolute atomic E-state index is 13.2. The number of nitrogens with zero attached hydrogens (tertiary/aromatic N) is 3. The van der Waals surface area contributed by atoms with Gasteiger partial charge in [0.25, 0.3) is 5.91 Å². The Labute approximate surface area is 170 Å². The van der Waals surface area contributed by atoms with Crippen LogP contribution in [0.4, 0.5) is 0 Å². The van der Waals surface area contributed by atoms with Crippen molar-refractivity contribution in [2.75, 3.05) is 6.54 Å². The van der Waals surface area contributed by atoms with Crippen LogP contribution in [0.2, 0.25) is 0 Å². The van der Waals surface area contributed by atoms with Crippen molar-refractivity contribution in [2.24, 2.45) is 0 Å². The van der Waals surface area contributed by atoms with Gasteiger partial charge in [0.15, 0.2) is 0 Å². The molecule has 0 saturated heterocycles. The Morgan fingerprint density at radius 3 is 2.24 bits per heavy atom. The molecule has 0 aliphatic carbocycles. The summed E-state index contributed by atoms with van der Waals surface area (Å²) < 4.78 is 1.82. The van der Waals surface area contributed by atoms with Crippen molar-refractivity contribution in [1.29, 1.82) is 0 Å². The van der Waals surface area contributed by atoms with Crippen LogP contribution in [0.25, 0.3) is 0 Å². The lowest BCUT2D eigenvalue weighted by Crippen LogP contribution is -2.32. The van der Waals surface area contributed by atoms with Gasteiger partial charge in [-0.3, -0.25) is 14.3 Å². The lowest BCUT2D eigenvalue weighted by Gasteiger charge is -2.22. The quantitative estimate of drug-likeness (QED) is 0.603. The van der Waals surface area contributed by atoms with Crippen molar-refractivity contribution in [2.45, 2.75) is 32.9 Å². The van der Waals surface area contributed by atoms with Gasteiger partial charge in [-0.1, -0.05) is 60.7 Å². The predicted molar refractivity (Wildman–Crippen MR) is 111 cm³/mol. The van der Waals surface area contributed by atoms with Crippen LogP contribution >= 0.6 is 0 Å². The zero-order chi connectivity index (χ0) is 20.6. The number of carboxylic acids is 1. The smallest absolute Gasteiger partial charge is 0.303 e. The van der Waals surface area contributed by atoms with Crippen LogP contribution in [0.1, 0.15) is 40.0 Å². The first-order chi connectivity index (χ1) is 14.0. The third-order valence-electron chi connectivity index (χ3n) is 4.83. The largest absolute Gasteiger partial charge is 0.481 e. The maximum Gasteiger partial charge on any atom is 0.303 e. The van der Waals surface area contributed by atoms with Gasteiger partial charge in [-0.2, -0.15) is 5.10 Å². The molecule has 1 N–H and O–H groups in total. The Morgan fingerprint density at radius 1 is 1.00 bits per heavy atom. The molecule has 1 heterocycles. The molecule has 0 radical (unpaired) electrons. The highest BCUT2D eigenvalue weighted by molar-refractivity contribution is 5.95. The Morgan fingerprint density at radius 2 is 1.62 bits per heavy atom. The van der Waals surface area contributed by atoms with Crippen LogP contribution in [-0.4, -0.2) is 38.2 Å². The summed E-state index contributed by atoms with van der Waals surface area (Å²) in [4.78, 5) is 25.8. The average Bonchev–Trinajstić information content (AvgIpc) is 3.08. The normalized spacial score (nSPS) is 10.7. The van der Waals surface area contributed by atoms with Crippen molar-refractivity contribution in [3.05, 3.63) is 89.2 Å². The van der Waals surface area contributed by atoms with E-state index in [0.717, 1.165) is 16.8 Å². The first kappa shape index (κ1) is 20.3. The zero-order valence-corrected chi connectivity index (χ0v) is 16.5. The number of amides is 1. The fourth-order valence-electron chi connectivity index (χ4n) is 3.22. The fraction of sp³-hybridized carbons (Fsp3) is 0.261. The first-order valence-corrected chi connectivity index (χ1v) is 9.66. The van der Waals surface area contributed by atoms with Crippen LogP contribution in [-0.2, 0) is 17.9 Å².